The summed E-state index contributed by atoms with van der Waals surface area (Å²) in [6, 6.07) is 5.31. The van der Waals surface area contributed by atoms with Crippen molar-refractivity contribution in [2.45, 2.75) is 32.7 Å². The molecule has 1 aromatic carbocycles. The first-order valence-corrected chi connectivity index (χ1v) is 8.63. The molecule has 1 aromatic heterocycles. The molecule has 2 nitrogen and oxygen atoms in total. The molecule has 1 N–H and O–H groups in total. The van der Waals surface area contributed by atoms with Gasteiger partial charge in [0.1, 0.15) is 10.8 Å². The van der Waals surface area contributed by atoms with Gasteiger partial charge in [-0.2, -0.15) is 0 Å². The van der Waals surface area contributed by atoms with Gasteiger partial charge in [-0.3, -0.25) is 0 Å². The van der Waals surface area contributed by atoms with E-state index in [1.165, 1.54) is 10.9 Å². The van der Waals surface area contributed by atoms with Crippen LogP contribution in [0.4, 0.5) is 4.39 Å². The van der Waals surface area contributed by atoms with Gasteiger partial charge in [-0.25, -0.2) is 9.37 Å². The van der Waals surface area contributed by atoms with Gasteiger partial charge in [0, 0.05) is 21.0 Å². The predicted molar refractivity (Wildman–Crippen MR) is 89.1 cm³/mol. The molecule has 0 amide bonds. The third-order valence-corrected chi connectivity index (χ3v) is 5.69. The topological polar surface area (TPSA) is 24.9 Å². The van der Waals surface area contributed by atoms with Crippen LogP contribution in [0.2, 0.25) is 0 Å². The number of benzene rings is 1. The van der Waals surface area contributed by atoms with Gasteiger partial charge < -0.3 is 5.32 Å². The van der Waals surface area contributed by atoms with E-state index in [9.17, 15) is 4.39 Å². The Labute approximate surface area is 136 Å². The summed E-state index contributed by atoms with van der Waals surface area (Å²) in [5, 5.41) is 4.15. The fourth-order valence-electron chi connectivity index (χ4n) is 2.94. The Morgan fingerprint density at radius 1 is 1.43 bits per heavy atom. The summed E-state index contributed by atoms with van der Waals surface area (Å²) in [4.78, 5) is 5.99. The summed E-state index contributed by atoms with van der Waals surface area (Å²) in [7, 11) is 1.98. The molecule has 21 heavy (non-hydrogen) atoms. The van der Waals surface area contributed by atoms with Crippen LogP contribution in [0.3, 0.4) is 0 Å². The Balaban J connectivity index is 2.08. The molecule has 0 aliphatic heterocycles. The van der Waals surface area contributed by atoms with Crippen LogP contribution >= 0.6 is 27.3 Å². The molecule has 0 spiro atoms. The smallest absolute Gasteiger partial charge is 0.133 e. The van der Waals surface area contributed by atoms with Gasteiger partial charge >= 0.3 is 0 Å². The molecular weight excluding hydrogens is 351 g/mol. The van der Waals surface area contributed by atoms with Gasteiger partial charge in [-0.15, -0.1) is 11.3 Å². The van der Waals surface area contributed by atoms with Crippen LogP contribution in [0.25, 0.3) is 10.6 Å². The van der Waals surface area contributed by atoms with Crippen LogP contribution in [0.1, 0.15) is 36.9 Å². The maximum absolute atomic E-state index is 14.1. The number of rotatable bonds is 2. The summed E-state index contributed by atoms with van der Waals surface area (Å²) in [5.41, 5.74) is 1.92. The zero-order valence-corrected chi connectivity index (χ0v) is 14.7. The maximum Gasteiger partial charge on any atom is 0.133 e. The van der Waals surface area contributed by atoms with E-state index in [1.54, 1.807) is 23.5 Å². The standard InChI is InChI=1S/C16H18BrFN2S/c1-16(2)7-12(19-3)14-13(8-16)20-15(21-14)10-6-9(17)4-5-11(10)18/h4-6,12,19H,7-8H2,1-3H3. The Morgan fingerprint density at radius 3 is 2.90 bits per heavy atom. The van der Waals surface area contributed by atoms with Gasteiger partial charge in [-0.1, -0.05) is 29.8 Å². The highest BCUT2D eigenvalue weighted by Gasteiger charge is 2.34. The number of aromatic nitrogens is 1. The third-order valence-electron chi connectivity index (χ3n) is 3.95. The lowest BCUT2D eigenvalue weighted by molar-refractivity contribution is 0.265. The van der Waals surface area contributed by atoms with Gasteiger partial charge in [0.05, 0.1) is 5.69 Å². The summed E-state index contributed by atoms with van der Waals surface area (Å²) in [6.07, 6.45) is 2.03. The van der Waals surface area contributed by atoms with Crippen LogP contribution in [-0.4, -0.2) is 12.0 Å². The molecule has 0 fully saturated rings. The first-order valence-electron chi connectivity index (χ1n) is 7.02. The quantitative estimate of drug-likeness (QED) is 0.811. The number of thiazole rings is 1. The van der Waals surface area contributed by atoms with Crippen molar-refractivity contribution in [2.24, 2.45) is 5.41 Å². The number of nitrogens with one attached hydrogen (secondary N) is 1. The van der Waals surface area contributed by atoms with Crippen LogP contribution in [0.5, 0.6) is 0 Å². The second-order valence-electron chi connectivity index (χ2n) is 6.34. The first-order chi connectivity index (χ1) is 9.89. The monoisotopic (exact) mass is 368 g/mol. The molecule has 112 valence electrons. The molecule has 1 atom stereocenters. The SMILES string of the molecule is CNC1CC(C)(C)Cc2nc(-c3cc(Br)ccc3F)sc21. The minimum atomic E-state index is -0.218. The van der Waals surface area contributed by atoms with Gasteiger partial charge in [0.25, 0.3) is 0 Å². The van der Waals surface area contributed by atoms with Gasteiger partial charge in [0.15, 0.2) is 0 Å². The van der Waals surface area contributed by atoms with E-state index >= 15 is 0 Å². The zero-order valence-electron chi connectivity index (χ0n) is 12.3. The van der Waals surface area contributed by atoms with Crippen molar-refractivity contribution >= 4 is 27.3 Å². The van der Waals surface area contributed by atoms with E-state index in [0.29, 0.717) is 11.6 Å². The molecule has 3 rings (SSSR count). The third kappa shape index (κ3) is 2.91. The molecule has 0 saturated carbocycles. The van der Waals surface area contributed by atoms with E-state index in [1.807, 2.05) is 7.05 Å². The molecule has 1 aliphatic carbocycles. The van der Waals surface area contributed by atoms with Crippen LogP contribution in [0.15, 0.2) is 22.7 Å². The van der Waals surface area contributed by atoms with Crippen LogP contribution in [-0.2, 0) is 6.42 Å². The van der Waals surface area contributed by atoms with Crippen molar-refractivity contribution in [1.82, 2.24) is 10.3 Å². The highest BCUT2D eigenvalue weighted by atomic mass is 79.9. The number of halogens is 2. The van der Waals surface area contributed by atoms with Crippen LogP contribution < -0.4 is 5.32 Å². The first kappa shape index (κ1) is 15.1. The number of nitrogens with zero attached hydrogens (tertiary/aromatic N) is 1. The molecule has 1 unspecified atom stereocenters. The summed E-state index contributed by atoms with van der Waals surface area (Å²) >= 11 is 5.02. The highest BCUT2D eigenvalue weighted by molar-refractivity contribution is 9.10. The zero-order chi connectivity index (χ0) is 15.2. The van der Waals surface area contributed by atoms with E-state index in [-0.39, 0.29) is 11.2 Å². The van der Waals surface area contributed by atoms with E-state index in [2.05, 4.69) is 35.1 Å². The Bertz CT molecular complexity index is 681. The van der Waals surface area contributed by atoms with Crippen LogP contribution in [0, 0.1) is 11.2 Å². The van der Waals surface area contributed by atoms with E-state index < -0.39 is 0 Å². The predicted octanol–water partition coefficient (Wildman–Crippen LogP) is 4.94. The average molecular weight is 369 g/mol. The summed E-state index contributed by atoms with van der Waals surface area (Å²) < 4.78 is 15.0. The summed E-state index contributed by atoms with van der Waals surface area (Å²) in [6.45, 7) is 4.53. The molecule has 0 radical (unpaired) electrons. The highest BCUT2D eigenvalue weighted by Crippen LogP contribution is 2.45. The second kappa shape index (κ2) is 5.45. The fourth-order valence-corrected chi connectivity index (χ4v) is 4.51. The minimum Gasteiger partial charge on any atom is -0.312 e. The molecule has 1 heterocycles. The lowest BCUT2D eigenvalue weighted by Gasteiger charge is -2.34. The molecule has 0 saturated heterocycles. The van der Waals surface area contributed by atoms with E-state index in [4.69, 9.17) is 4.98 Å². The normalized spacial score (nSPS) is 20.3. The van der Waals surface area contributed by atoms with Crippen molar-refractivity contribution in [3.63, 3.8) is 0 Å². The number of hydrogen-bond acceptors (Lipinski definition) is 3. The summed E-state index contributed by atoms with van der Waals surface area (Å²) in [5.74, 6) is -0.218. The second-order valence-corrected chi connectivity index (χ2v) is 8.29. The Morgan fingerprint density at radius 2 is 2.19 bits per heavy atom. The molecule has 2 aromatic rings. The number of fused-ring (bicyclic) bond motifs is 1. The van der Waals surface area contributed by atoms with E-state index in [0.717, 1.165) is 28.0 Å². The fraction of sp³-hybridized carbons (Fsp3) is 0.438. The van der Waals surface area contributed by atoms with Crippen molar-refractivity contribution in [3.8, 4) is 10.6 Å². The Kier molecular flexibility index (Phi) is 3.93. The van der Waals surface area contributed by atoms with Crippen molar-refractivity contribution in [3.05, 3.63) is 39.1 Å². The lowest BCUT2D eigenvalue weighted by Crippen LogP contribution is -2.30. The van der Waals surface area contributed by atoms with Crippen molar-refractivity contribution < 1.29 is 4.39 Å². The molecule has 1 aliphatic rings. The molecular formula is C16H18BrFN2S. The maximum atomic E-state index is 14.1. The van der Waals surface area contributed by atoms with Gasteiger partial charge in [0.2, 0.25) is 0 Å². The average Bonchev–Trinajstić information content (AvgIpc) is 2.82. The minimum absolute atomic E-state index is 0.218. The van der Waals surface area contributed by atoms with Crippen molar-refractivity contribution in [1.29, 1.82) is 0 Å². The van der Waals surface area contributed by atoms with Crippen molar-refractivity contribution in [2.75, 3.05) is 7.05 Å². The largest absolute Gasteiger partial charge is 0.312 e. The molecule has 0 bridgehead atoms. The molecule has 5 heteroatoms. The van der Waals surface area contributed by atoms with Gasteiger partial charge in [-0.05, 0) is 43.5 Å². The number of hydrogen-bond donors (Lipinski definition) is 1. The lowest BCUT2D eigenvalue weighted by atomic mass is 9.76. The Hall–Kier alpha value is -0.780.